The van der Waals surface area contributed by atoms with E-state index in [0.717, 1.165) is 6.54 Å². The first-order valence-electron chi connectivity index (χ1n) is 14.2. The molecule has 2 atom stereocenters. The summed E-state index contributed by atoms with van der Waals surface area (Å²) in [7, 11) is -0.763. The van der Waals surface area contributed by atoms with Crippen LogP contribution in [0.3, 0.4) is 0 Å². The molecule has 0 radical (unpaired) electrons. The zero-order valence-corrected chi connectivity index (χ0v) is 23.1. The van der Waals surface area contributed by atoms with Crippen LogP contribution in [0, 0.1) is 0 Å². The maximum atomic E-state index is 5.59. The third kappa shape index (κ3) is 4.68. The molecule has 1 fully saturated rings. The van der Waals surface area contributed by atoms with E-state index in [-0.39, 0.29) is 0 Å². The lowest BCUT2D eigenvalue weighted by molar-refractivity contribution is 0.240. The van der Waals surface area contributed by atoms with Gasteiger partial charge in [-0.2, -0.15) is 0 Å². The SMILES string of the molecule is c1ccc(CN2C(c3c(P(c4ccccc4)c4ccccc4)ccc4ccccc34)=N[C@@H]3CCCC[C@H]32)cc1. The van der Waals surface area contributed by atoms with Crippen LogP contribution in [0.25, 0.3) is 10.8 Å². The molecule has 192 valence electrons. The summed E-state index contributed by atoms with van der Waals surface area (Å²) in [5.74, 6) is 1.20. The summed E-state index contributed by atoms with van der Waals surface area (Å²) >= 11 is 0. The highest BCUT2D eigenvalue weighted by Gasteiger charge is 2.39. The van der Waals surface area contributed by atoms with Crippen LogP contribution >= 0.6 is 7.92 Å². The van der Waals surface area contributed by atoms with Gasteiger partial charge in [-0.3, -0.25) is 4.99 Å². The Labute approximate surface area is 232 Å². The topological polar surface area (TPSA) is 15.6 Å². The van der Waals surface area contributed by atoms with Gasteiger partial charge in [0.1, 0.15) is 5.84 Å². The Hall–Kier alpha value is -3.74. The molecule has 1 aliphatic heterocycles. The molecule has 5 aromatic rings. The number of benzene rings is 5. The van der Waals surface area contributed by atoms with E-state index in [4.69, 9.17) is 4.99 Å². The lowest BCUT2D eigenvalue weighted by Gasteiger charge is -2.34. The van der Waals surface area contributed by atoms with Crippen LogP contribution in [0.5, 0.6) is 0 Å². The zero-order chi connectivity index (χ0) is 26.0. The van der Waals surface area contributed by atoms with Gasteiger partial charge in [-0.25, -0.2) is 0 Å². The first kappa shape index (κ1) is 24.3. The molecule has 0 unspecified atom stereocenters. The van der Waals surface area contributed by atoms with Crippen molar-refractivity contribution in [3.8, 4) is 0 Å². The molecule has 1 aliphatic carbocycles. The van der Waals surface area contributed by atoms with Crippen molar-refractivity contribution in [2.75, 3.05) is 0 Å². The highest BCUT2D eigenvalue weighted by atomic mass is 31.1. The third-order valence-electron chi connectivity index (χ3n) is 8.25. The Morgan fingerprint density at radius 3 is 1.97 bits per heavy atom. The minimum absolute atomic E-state index is 0.379. The quantitative estimate of drug-likeness (QED) is 0.215. The van der Waals surface area contributed by atoms with Crippen LogP contribution in [0.4, 0.5) is 0 Å². The molecule has 0 N–H and O–H groups in total. The van der Waals surface area contributed by atoms with Gasteiger partial charge in [0, 0.05) is 12.1 Å². The van der Waals surface area contributed by atoms with Crippen molar-refractivity contribution in [3.63, 3.8) is 0 Å². The Morgan fingerprint density at radius 1 is 0.641 bits per heavy atom. The molecule has 1 saturated carbocycles. The number of rotatable bonds is 6. The summed E-state index contributed by atoms with van der Waals surface area (Å²) in [5.41, 5.74) is 2.68. The number of hydrogen-bond acceptors (Lipinski definition) is 2. The van der Waals surface area contributed by atoms with E-state index in [1.165, 1.54) is 69.3 Å². The van der Waals surface area contributed by atoms with Crippen molar-refractivity contribution < 1.29 is 0 Å². The predicted molar refractivity (Wildman–Crippen MR) is 167 cm³/mol. The van der Waals surface area contributed by atoms with Gasteiger partial charge in [0.05, 0.1) is 12.1 Å². The van der Waals surface area contributed by atoms with Crippen LogP contribution in [0.2, 0.25) is 0 Å². The molecule has 0 spiro atoms. The summed E-state index contributed by atoms with van der Waals surface area (Å²) in [6, 6.07) is 47.6. The van der Waals surface area contributed by atoms with E-state index in [0.29, 0.717) is 12.1 Å². The number of aliphatic imine (C=N–C) groups is 1. The minimum atomic E-state index is -0.763. The second-order valence-electron chi connectivity index (χ2n) is 10.7. The second-order valence-corrected chi connectivity index (χ2v) is 12.9. The maximum absolute atomic E-state index is 5.59. The van der Waals surface area contributed by atoms with E-state index in [1.54, 1.807) is 0 Å². The summed E-state index contributed by atoms with van der Waals surface area (Å²) in [6.45, 7) is 0.901. The molecule has 2 aliphatic rings. The largest absolute Gasteiger partial charge is 0.347 e. The maximum Gasteiger partial charge on any atom is 0.133 e. The van der Waals surface area contributed by atoms with Gasteiger partial charge in [0.2, 0.25) is 0 Å². The van der Waals surface area contributed by atoms with Gasteiger partial charge in [-0.15, -0.1) is 0 Å². The molecule has 0 saturated heterocycles. The average molecular weight is 525 g/mol. The molecule has 3 heteroatoms. The zero-order valence-electron chi connectivity index (χ0n) is 22.2. The first-order chi connectivity index (χ1) is 19.4. The number of fused-ring (bicyclic) bond motifs is 2. The van der Waals surface area contributed by atoms with Crippen molar-refractivity contribution in [1.29, 1.82) is 0 Å². The van der Waals surface area contributed by atoms with Crippen LogP contribution in [-0.4, -0.2) is 22.8 Å². The van der Waals surface area contributed by atoms with Gasteiger partial charge in [-0.1, -0.05) is 140 Å². The summed E-state index contributed by atoms with van der Waals surface area (Å²) in [5, 5.41) is 6.74. The van der Waals surface area contributed by atoms with Crippen LogP contribution < -0.4 is 15.9 Å². The van der Waals surface area contributed by atoms with Crippen molar-refractivity contribution in [2.24, 2.45) is 4.99 Å². The van der Waals surface area contributed by atoms with Crippen molar-refractivity contribution in [2.45, 2.75) is 44.3 Å². The van der Waals surface area contributed by atoms with Crippen molar-refractivity contribution >= 4 is 40.4 Å². The third-order valence-corrected chi connectivity index (χ3v) is 10.7. The standard InChI is InChI=1S/C36H33N2P/c1-4-14-27(15-5-1)26-38-33-23-13-12-22-32(33)37-36(38)35-31-21-11-10-16-28(31)24-25-34(35)39(29-17-6-2-7-18-29)30-19-8-3-9-20-30/h1-11,14-21,24-25,32-33H,12-13,22-23,26H2/t32-,33-/m1/s1. The lowest BCUT2D eigenvalue weighted by atomic mass is 9.90. The summed E-state index contributed by atoms with van der Waals surface area (Å²) < 4.78 is 0. The minimum Gasteiger partial charge on any atom is -0.347 e. The van der Waals surface area contributed by atoms with E-state index in [1.807, 2.05) is 0 Å². The molecule has 2 nitrogen and oxygen atoms in total. The molecule has 5 aromatic carbocycles. The normalized spacial score (nSPS) is 18.8. The van der Waals surface area contributed by atoms with Crippen molar-refractivity contribution in [3.05, 3.63) is 139 Å². The Kier molecular flexibility index (Phi) is 6.73. The monoisotopic (exact) mass is 524 g/mol. The van der Waals surface area contributed by atoms with Crippen LogP contribution in [-0.2, 0) is 6.54 Å². The van der Waals surface area contributed by atoms with Crippen molar-refractivity contribution in [1.82, 2.24) is 4.90 Å². The molecular weight excluding hydrogens is 491 g/mol. The summed E-state index contributed by atoms with van der Waals surface area (Å²) in [4.78, 5) is 8.25. The Bertz CT molecular complexity index is 1560. The summed E-state index contributed by atoms with van der Waals surface area (Å²) in [6.07, 6.45) is 4.97. The fraction of sp³-hybridized carbons (Fsp3) is 0.194. The van der Waals surface area contributed by atoms with E-state index in [2.05, 4.69) is 132 Å². The number of nitrogens with zero attached hydrogens (tertiary/aromatic N) is 2. The van der Waals surface area contributed by atoms with Gasteiger partial charge in [0.15, 0.2) is 0 Å². The number of amidine groups is 1. The van der Waals surface area contributed by atoms with Crippen LogP contribution in [0.1, 0.15) is 36.8 Å². The van der Waals surface area contributed by atoms with Gasteiger partial charge >= 0.3 is 0 Å². The molecule has 0 amide bonds. The number of hydrogen-bond donors (Lipinski definition) is 0. The van der Waals surface area contributed by atoms with Gasteiger partial charge in [0.25, 0.3) is 0 Å². The van der Waals surface area contributed by atoms with E-state index >= 15 is 0 Å². The Morgan fingerprint density at radius 2 is 1.26 bits per heavy atom. The highest BCUT2D eigenvalue weighted by molar-refractivity contribution is 7.80. The lowest BCUT2D eigenvalue weighted by Crippen LogP contribution is -2.42. The smallest absolute Gasteiger partial charge is 0.133 e. The van der Waals surface area contributed by atoms with E-state index in [9.17, 15) is 0 Å². The molecule has 39 heavy (non-hydrogen) atoms. The fourth-order valence-electron chi connectivity index (χ4n) is 6.44. The first-order valence-corrected chi connectivity index (χ1v) is 15.5. The molecule has 0 aromatic heterocycles. The molecular formula is C36H33N2P. The van der Waals surface area contributed by atoms with Gasteiger partial charge in [-0.05, 0) is 53.0 Å². The second kappa shape index (κ2) is 10.8. The van der Waals surface area contributed by atoms with Crippen LogP contribution in [0.15, 0.2) is 132 Å². The fourth-order valence-corrected chi connectivity index (χ4v) is 8.90. The molecule has 1 heterocycles. The average Bonchev–Trinajstić information content (AvgIpc) is 3.36. The molecule has 0 bridgehead atoms. The predicted octanol–water partition coefficient (Wildman–Crippen LogP) is 7.17. The highest BCUT2D eigenvalue weighted by Crippen LogP contribution is 2.40. The Balaban J connectivity index is 1.46. The van der Waals surface area contributed by atoms with Gasteiger partial charge < -0.3 is 4.90 Å². The van der Waals surface area contributed by atoms with E-state index < -0.39 is 7.92 Å². The molecule has 7 rings (SSSR count).